The van der Waals surface area contributed by atoms with Crippen molar-refractivity contribution in [2.24, 2.45) is 7.05 Å². The molecule has 4 nitrogen and oxygen atoms in total. The van der Waals surface area contributed by atoms with Crippen LogP contribution in [0.2, 0.25) is 0 Å². The lowest BCUT2D eigenvalue weighted by molar-refractivity contribution is -0.127. The summed E-state index contributed by atoms with van der Waals surface area (Å²) in [5.41, 5.74) is 0.971. The molecule has 2 rings (SSSR count). The van der Waals surface area contributed by atoms with Gasteiger partial charge in [-0.3, -0.25) is 4.79 Å². The van der Waals surface area contributed by atoms with E-state index in [1.807, 2.05) is 36.9 Å². The molecule has 0 aliphatic carbocycles. The van der Waals surface area contributed by atoms with Gasteiger partial charge in [-0.2, -0.15) is 5.26 Å². The van der Waals surface area contributed by atoms with Crippen LogP contribution in [0.25, 0.3) is 0 Å². The number of nitriles is 1. The van der Waals surface area contributed by atoms with E-state index in [4.69, 9.17) is 0 Å². The van der Waals surface area contributed by atoms with Gasteiger partial charge in [0.15, 0.2) is 0 Å². The van der Waals surface area contributed by atoms with Crippen LogP contribution in [0.15, 0.2) is 18.3 Å². The molecule has 90 valence electrons. The van der Waals surface area contributed by atoms with Crippen molar-refractivity contribution >= 4 is 17.7 Å². The van der Waals surface area contributed by atoms with E-state index in [0.717, 1.165) is 5.69 Å². The van der Waals surface area contributed by atoms with Gasteiger partial charge in [0.05, 0.1) is 17.2 Å². The van der Waals surface area contributed by atoms with Crippen LogP contribution < -0.4 is 0 Å². The molecular weight excluding hydrogens is 234 g/mol. The standard InChI is InChI=1S/C12H15N3OS/c1-3-15-11(16)8-17-12(15)9(7-13)10-5-4-6-14(10)2/h4-6,9,12H,3,8H2,1-2H3/t9-,12?/m1/s1. The first kappa shape index (κ1) is 12.1. The lowest BCUT2D eigenvalue weighted by atomic mass is 10.1. The van der Waals surface area contributed by atoms with Crippen LogP contribution in [0.1, 0.15) is 18.5 Å². The Balaban J connectivity index is 2.29. The second-order valence-corrected chi connectivity index (χ2v) is 5.14. The molecule has 0 bridgehead atoms. The Labute approximate surface area is 105 Å². The normalized spacial score (nSPS) is 21.6. The Morgan fingerprint density at radius 1 is 1.71 bits per heavy atom. The summed E-state index contributed by atoms with van der Waals surface area (Å²) in [6.07, 6.45) is 1.93. The molecule has 1 saturated heterocycles. The minimum absolute atomic E-state index is 0.0499. The highest BCUT2D eigenvalue weighted by atomic mass is 32.2. The van der Waals surface area contributed by atoms with Crippen molar-refractivity contribution in [2.75, 3.05) is 12.3 Å². The minimum Gasteiger partial charge on any atom is -0.353 e. The van der Waals surface area contributed by atoms with Gasteiger partial charge in [-0.15, -0.1) is 11.8 Å². The van der Waals surface area contributed by atoms with Gasteiger partial charge >= 0.3 is 0 Å². The summed E-state index contributed by atoms with van der Waals surface area (Å²) in [6, 6.07) is 6.21. The summed E-state index contributed by atoms with van der Waals surface area (Å²) in [7, 11) is 1.93. The van der Waals surface area contributed by atoms with Gasteiger partial charge in [0.1, 0.15) is 5.92 Å². The zero-order chi connectivity index (χ0) is 12.4. The van der Waals surface area contributed by atoms with Gasteiger partial charge in [0.25, 0.3) is 0 Å². The van der Waals surface area contributed by atoms with Crippen LogP contribution in [-0.4, -0.2) is 33.0 Å². The number of carbonyl (C=O) groups excluding carboxylic acids is 1. The first-order chi connectivity index (χ1) is 8.19. The van der Waals surface area contributed by atoms with Crippen LogP contribution in [-0.2, 0) is 11.8 Å². The monoisotopic (exact) mass is 249 g/mol. The third-order valence-corrected chi connectivity index (χ3v) is 4.35. The maximum Gasteiger partial charge on any atom is 0.233 e. The fraction of sp³-hybridized carbons (Fsp3) is 0.500. The number of carbonyl (C=O) groups is 1. The molecule has 5 heteroatoms. The molecule has 1 aliphatic heterocycles. The van der Waals surface area contributed by atoms with E-state index < -0.39 is 0 Å². The fourth-order valence-corrected chi connectivity index (χ4v) is 3.50. The number of rotatable bonds is 3. The third-order valence-electron chi connectivity index (χ3n) is 3.07. The molecular formula is C12H15N3OS. The summed E-state index contributed by atoms with van der Waals surface area (Å²) < 4.78 is 1.95. The van der Waals surface area contributed by atoms with Gasteiger partial charge in [-0.05, 0) is 19.1 Å². The highest BCUT2D eigenvalue weighted by molar-refractivity contribution is 8.01. The topological polar surface area (TPSA) is 49.0 Å². The number of likely N-dealkylation sites (N-methyl/N-ethyl adjacent to an activating group) is 1. The van der Waals surface area contributed by atoms with Gasteiger partial charge < -0.3 is 9.47 Å². The van der Waals surface area contributed by atoms with Crippen LogP contribution in [0.4, 0.5) is 0 Å². The average Bonchev–Trinajstić information content (AvgIpc) is 2.88. The molecule has 17 heavy (non-hydrogen) atoms. The van der Waals surface area contributed by atoms with Crippen molar-refractivity contribution in [2.45, 2.75) is 18.2 Å². The molecule has 1 fully saturated rings. The molecule has 0 saturated carbocycles. The summed E-state index contributed by atoms with van der Waals surface area (Å²) in [4.78, 5) is 13.5. The lowest BCUT2D eigenvalue weighted by Crippen LogP contribution is -2.36. The van der Waals surface area contributed by atoms with Crippen molar-refractivity contribution < 1.29 is 4.79 Å². The van der Waals surface area contributed by atoms with Crippen molar-refractivity contribution in [3.63, 3.8) is 0 Å². The van der Waals surface area contributed by atoms with Gasteiger partial charge in [-0.1, -0.05) is 0 Å². The van der Waals surface area contributed by atoms with Gasteiger partial charge in [0.2, 0.25) is 5.91 Å². The van der Waals surface area contributed by atoms with E-state index in [1.54, 1.807) is 16.7 Å². The zero-order valence-electron chi connectivity index (χ0n) is 9.96. The first-order valence-electron chi connectivity index (χ1n) is 5.61. The van der Waals surface area contributed by atoms with E-state index in [1.165, 1.54) is 0 Å². The number of aryl methyl sites for hydroxylation is 1. The molecule has 1 aromatic rings. The molecule has 0 N–H and O–H groups in total. The number of thioether (sulfide) groups is 1. The summed E-state index contributed by atoms with van der Waals surface area (Å²) in [6.45, 7) is 2.62. The van der Waals surface area contributed by atoms with Gasteiger partial charge in [0, 0.05) is 25.5 Å². The Hall–Kier alpha value is -1.41. The van der Waals surface area contributed by atoms with E-state index in [2.05, 4.69) is 6.07 Å². The summed E-state index contributed by atoms with van der Waals surface area (Å²) in [5, 5.41) is 9.32. The molecule has 2 atom stereocenters. The molecule has 2 heterocycles. The predicted molar refractivity (Wildman–Crippen MR) is 67.4 cm³/mol. The highest BCUT2D eigenvalue weighted by Crippen LogP contribution is 2.35. The van der Waals surface area contributed by atoms with Crippen molar-refractivity contribution in [1.82, 2.24) is 9.47 Å². The molecule has 1 aromatic heterocycles. The first-order valence-corrected chi connectivity index (χ1v) is 6.65. The molecule has 0 radical (unpaired) electrons. The highest BCUT2D eigenvalue weighted by Gasteiger charge is 2.37. The third kappa shape index (κ3) is 2.05. The van der Waals surface area contributed by atoms with E-state index in [-0.39, 0.29) is 17.2 Å². The molecule has 0 aromatic carbocycles. The average molecular weight is 249 g/mol. The minimum atomic E-state index is -0.258. The maximum absolute atomic E-state index is 11.7. The van der Waals surface area contributed by atoms with Crippen LogP contribution in [0.5, 0.6) is 0 Å². The Bertz CT molecular complexity index is 463. The van der Waals surface area contributed by atoms with Crippen LogP contribution >= 0.6 is 11.8 Å². The van der Waals surface area contributed by atoms with E-state index in [0.29, 0.717) is 12.3 Å². The van der Waals surface area contributed by atoms with E-state index >= 15 is 0 Å². The van der Waals surface area contributed by atoms with Gasteiger partial charge in [-0.25, -0.2) is 0 Å². The summed E-state index contributed by atoms with van der Waals surface area (Å²) >= 11 is 1.56. The maximum atomic E-state index is 11.7. The zero-order valence-corrected chi connectivity index (χ0v) is 10.8. The predicted octanol–water partition coefficient (Wildman–Crippen LogP) is 1.55. The Morgan fingerprint density at radius 3 is 3.00 bits per heavy atom. The molecule has 1 amide bonds. The Morgan fingerprint density at radius 2 is 2.47 bits per heavy atom. The smallest absolute Gasteiger partial charge is 0.233 e. The van der Waals surface area contributed by atoms with Crippen molar-refractivity contribution in [3.8, 4) is 6.07 Å². The van der Waals surface area contributed by atoms with E-state index in [9.17, 15) is 10.1 Å². The number of amides is 1. The second-order valence-electron chi connectivity index (χ2n) is 4.03. The number of aromatic nitrogens is 1. The van der Waals surface area contributed by atoms with Crippen molar-refractivity contribution in [1.29, 1.82) is 5.26 Å². The lowest BCUT2D eigenvalue weighted by Gasteiger charge is -2.26. The number of hydrogen-bond donors (Lipinski definition) is 0. The summed E-state index contributed by atoms with van der Waals surface area (Å²) in [5.74, 6) is 0.365. The number of hydrogen-bond acceptors (Lipinski definition) is 3. The quantitative estimate of drug-likeness (QED) is 0.816. The van der Waals surface area contributed by atoms with Crippen molar-refractivity contribution in [3.05, 3.63) is 24.0 Å². The van der Waals surface area contributed by atoms with Crippen LogP contribution in [0.3, 0.4) is 0 Å². The second kappa shape index (κ2) is 4.84. The molecule has 0 spiro atoms. The SMILES string of the molecule is CCN1C(=O)CSC1[C@H](C#N)c1cccn1C. The molecule has 1 unspecified atom stereocenters. The molecule has 1 aliphatic rings. The number of nitrogens with zero attached hydrogens (tertiary/aromatic N) is 3. The fourth-order valence-electron chi connectivity index (χ4n) is 2.18. The largest absolute Gasteiger partial charge is 0.353 e. The Kier molecular flexibility index (Phi) is 3.43. The van der Waals surface area contributed by atoms with Crippen LogP contribution in [0, 0.1) is 11.3 Å².